The molecular formula is C16H24N2O. The maximum Gasteiger partial charge on any atom is 0.0639 e. The summed E-state index contributed by atoms with van der Waals surface area (Å²) in [6.45, 7) is 6.15. The molecule has 1 heterocycles. The molecule has 104 valence electrons. The van der Waals surface area contributed by atoms with E-state index >= 15 is 0 Å². The predicted octanol–water partition coefficient (Wildman–Crippen LogP) is 3.18. The van der Waals surface area contributed by atoms with Crippen LogP contribution in [0.15, 0.2) is 30.5 Å². The van der Waals surface area contributed by atoms with E-state index < -0.39 is 0 Å². The molecule has 0 bridgehead atoms. The molecular weight excluding hydrogens is 236 g/mol. The highest BCUT2D eigenvalue weighted by molar-refractivity contribution is 5.83. The van der Waals surface area contributed by atoms with E-state index in [-0.39, 0.29) is 5.60 Å². The maximum atomic E-state index is 5.49. The predicted molar refractivity (Wildman–Crippen MR) is 80.4 cm³/mol. The van der Waals surface area contributed by atoms with Crippen molar-refractivity contribution in [3.63, 3.8) is 0 Å². The van der Waals surface area contributed by atoms with Gasteiger partial charge in [-0.15, -0.1) is 0 Å². The van der Waals surface area contributed by atoms with Crippen LogP contribution in [0.2, 0.25) is 0 Å². The van der Waals surface area contributed by atoms with Crippen LogP contribution in [0.4, 0.5) is 0 Å². The first-order valence-electron chi connectivity index (χ1n) is 6.84. The zero-order chi connectivity index (χ0) is 13.9. The smallest absolute Gasteiger partial charge is 0.0639 e. The van der Waals surface area contributed by atoms with Gasteiger partial charge < -0.3 is 14.6 Å². The lowest BCUT2D eigenvalue weighted by atomic mass is 10.1. The van der Waals surface area contributed by atoms with Crippen molar-refractivity contribution in [2.24, 2.45) is 0 Å². The molecule has 1 N–H and O–H groups in total. The Hall–Kier alpha value is -1.32. The van der Waals surface area contributed by atoms with Crippen LogP contribution in [0.1, 0.15) is 25.8 Å². The number of hydrogen-bond donors (Lipinski definition) is 1. The first-order valence-corrected chi connectivity index (χ1v) is 6.84. The Bertz CT molecular complexity index is 543. The molecule has 1 aromatic carbocycles. The van der Waals surface area contributed by atoms with Gasteiger partial charge in [-0.05, 0) is 45.0 Å². The molecule has 0 saturated carbocycles. The summed E-state index contributed by atoms with van der Waals surface area (Å²) in [5.41, 5.74) is 2.59. The number of nitrogens with zero attached hydrogens (tertiary/aromatic N) is 1. The van der Waals surface area contributed by atoms with Crippen LogP contribution in [-0.4, -0.2) is 24.3 Å². The van der Waals surface area contributed by atoms with Gasteiger partial charge in [0.15, 0.2) is 0 Å². The fourth-order valence-corrected chi connectivity index (χ4v) is 2.32. The van der Waals surface area contributed by atoms with Gasteiger partial charge in [0.05, 0.1) is 5.60 Å². The highest BCUT2D eigenvalue weighted by Gasteiger charge is 2.16. The first-order chi connectivity index (χ1) is 9.07. The third-order valence-corrected chi connectivity index (χ3v) is 3.78. The topological polar surface area (TPSA) is 26.2 Å². The van der Waals surface area contributed by atoms with E-state index in [9.17, 15) is 0 Å². The molecule has 0 aliphatic rings. The highest BCUT2D eigenvalue weighted by atomic mass is 16.5. The van der Waals surface area contributed by atoms with Crippen molar-refractivity contribution in [3.8, 4) is 0 Å². The standard InChI is InChI=1S/C16H24N2O/c1-16(2,19-4)9-11-18-10-8-14-13(12-17-3)6-5-7-15(14)18/h5-8,10,17H,9,11-12H2,1-4H3. The van der Waals surface area contributed by atoms with Gasteiger partial charge in [-0.1, -0.05) is 12.1 Å². The van der Waals surface area contributed by atoms with Gasteiger partial charge in [0.1, 0.15) is 0 Å². The average molecular weight is 260 g/mol. The normalized spacial score (nSPS) is 12.2. The molecule has 3 heteroatoms. The molecule has 19 heavy (non-hydrogen) atoms. The number of ether oxygens (including phenoxy) is 1. The third kappa shape index (κ3) is 3.17. The van der Waals surface area contributed by atoms with E-state index in [4.69, 9.17) is 4.74 Å². The Balaban J connectivity index is 2.23. The molecule has 3 nitrogen and oxygen atoms in total. The lowest BCUT2D eigenvalue weighted by Crippen LogP contribution is -2.24. The van der Waals surface area contributed by atoms with E-state index in [0.717, 1.165) is 19.5 Å². The summed E-state index contributed by atoms with van der Waals surface area (Å²) in [5.74, 6) is 0. The lowest BCUT2D eigenvalue weighted by Gasteiger charge is -2.23. The van der Waals surface area contributed by atoms with Crippen molar-refractivity contribution >= 4 is 10.9 Å². The lowest BCUT2D eigenvalue weighted by molar-refractivity contribution is 0.0123. The summed E-state index contributed by atoms with van der Waals surface area (Å²) in [4.78, 5) is 0. The number of rotatable bonds is 6. The van der Waals surface area contributed by atoms with E-state index in [1.165, 1.54) is 16.5 Å². The van der Waals surface area contributed by atoms with Crippen LogP contribution in [0.25, 0.3) is 10.9 Å². The molecule has 1 aromatic heterocycles. The van der Waals surface area contributed by atoms with Gasteiger partial charge in [0.2, 0.25) is 0 Å². The summed E-state index contributed by atoms with van der Waals surface area (Å²) < 4.78 is 7.80. The van der Waals surface area contributed by atoms with E-state index in [1.807, 2.05) is 7.05 Å². The Kier molecular flexibility index (Phi) is 4.27. The SMILES string of the molecule is CNCc1cccc2c1ccn2CCC(C)(C)OC. The number of benzene rings is 1. The second-order valence-electron chi connectivity index (χ2n) is 5.60. The van der Waals surface area contributed by atoms with E-state index in [2.05, 4.69) is 54.2 Å². The number of methoxy groups -OCH3 is 1. The van der Waals surface area contributed by atoms with Crippen molar-refractivity contribution in [3.05, 3.63) is 36.0 Å². The Morgan fingerprint density at radius 2 is 2.05 bits per heavy atom. The number of aryl methyl sites for hydroxylation is 1. The van der Waals surface area contributed by atoms with Crippen molar-refractivity contribution in [1.82, 2.24) is 9.88 Å². The van der Waals surface area contributed by atoms with Crippen molar-refractivity contribution < 1.29 is 4.74 Å². The molecule has 0 atom stereocenters. The van der Waals surface area contributed by atoms with Gasteiger partial charge in [0, 0.05) is 37.3 Å². The molecule has 0 aliphatic heterocycles. The Labute approximate surface area is 115 Å². The van der Waals surface area contributed by atoms with E-state index in [0.29, 0.717) is 0 Å². The third-order valence-electron chi connectivity index (χ3n) is 3.78. The van der Waals surface area contributed by atoms with Crippen molar-refractivity contribution in [2.75, 3.05) is 14.2 Å². The minimum atomic E-state index is -0.0703. The van der Waals surface area contributed by atoms with Crippen molar-refractivity contribution in [1.29, 1.82) is 0 Å². The van der Waals surface area contributed by atoms with Gasteiger partial charge in [-0.3, -0.25) is 0 Å². The van der Waals surface area contributed by atoms with Gasteiger partial charge in [-0.2, -0.15) is 0 Å². The first kappa shape index (κ1) is 14.1. The molecule has 0 amide bonds. The summed E-state index contributed by atoms with van der Waals surface area (Å²) in [5, 5.41) is 4.56. The number of fused-ring (bicyclic) bond motifs is 1. The van der Waals surface area contributed by atoms with Gasteiger partial charge in [0.25, 0.3) is 0 Å². The van der Waals surface area contributed by atoms with Crippen LogP contribution >= 0.6 is 0 Å². The molecule has 2 aromatic rings. The molecule has 0 spiro atoms. The number of aromatic nitrogens is 1. The summed E-state index contributed by atoms with van der Waals surface area (Å²) in [6, 6.07) is 8.71. The Morgan fingerprint density at radius 3 is 2.74 bits per heavy atom. The minimum Gasteiger partial charge on any atom is -0.379 e. The minimum absolute atomic E-state index is 0.0703. The number of nitrogens with one attached hydrogen (secondary N) is 1. The van der Waals surface area contributed by atoms with Crippen LogP contribution < -0.4 is 5.32 Å². The molecule has 0 radical (unpaired) electrons. The average Bonchev–Trinajstić information content (AvgIpc) is 2.81. The largest absolute Gasteiger partial charge is 0.379 e. The molecule has 0 fully saturated rings. The summed E-state index contributed by atoms with van der Waals surface area (Å²) >= 11 is 0. The van der Waals surface area contributed by atoms with Crippen LogP contribution in [-0.2, 0) is 17.8 Å². The van der Waals surface area contributed by atoms with Gasteiger partial charge in [-0.25, -0.2) is 0 Å². The van der Waals surface area contributed by atoms with Gasteiger partial charge >= 0.3 is 0 Å². The van der Waals surface area contributed by atoms with Crippen molar-refractivity contribution in [2.45, 2.75) is 39.0 Å². The molecule has 0 saturated heterocycles. The maximum absolute atomic E-state index is 5.49. The second kappa shape index (κ2) is 5.76. The fourth-order valence-electron chi connectivity index (χ4n) is 2.32. The highest BCUT2D eigenvalue weighted by Crippen LogP contribution is 2.22. The summed E-state index contributed by atoms with van der Waals surface area (Å²) in [6.07, 6.45) is 3.18. The quantitative estimate of drug-likeness (QED) is 0.863. The molecule has 0 aliphatic carbocycles. The summed E-state index contributed by atoms with van der Waals surface area (Å²) in [7, 11) is 3.76. The van der Waals surface area contributed by atoms with Crippen LogP contribution in [0.3, 0.4) is 0 Å². The van der Waals surface area contributed by atoms with Crippen LogP contribution in [0, 0.1) is 0 Å². The zero-order valence-corrected chi connectivity index (χ0v) is 12.4. The molecule has 0 unspecified atom stereocenters. The molecule has 2 rings (SSSR count). The Morgan fingerprint density at radius 1 is 1.26 bits per heavy atom. The second-order valence-corrected chi connectivity index (χ2v) is 5.60. The van der Waals surface area contributed by atoms with E-state index in [1.54, 1.807) is 7.11 Å². The fraction of sp³-hybridized carbons (Fsp3) is 0.500. The van der Waals surface area contributed by atoms with Crippen LogP contribution in [0.5, 0.6) is 0 Å². The zero-order valence-electron chi connectivity index (χ0n) is 12.4. The monoisotopic (exact) mass is 260 g/mol. The number of hydrogen-bond acceptors (Lipinski definition) is 2.